The van der Waals surface area contributed by atoms with Crippen molar-refractivity contribution < 1.29 is 0 Å². The molecule has 1 aliphatic rings. The van der Waals surface area contributed by atoms with E-state index in [0.717, 1.165) is 44.2 Å². The van der Waals surface area contributed by atoms with Crippen LogP contribution in [0.3, 0.4) is 0 Å². The molecule has 0 amide bonds. The molecular weight excluding hydrogens is 266 g/mol. The van der Waals surface area contributed by atoms with Crippen LogP contribution in [-0.2, 0) is 6.54 Å². The Kier molecular flexibility index (Phi) is 5.52. The minimum atomic E-state index is 0.499. The van der Waals surface area contributed by atoms with Gasteiger partial charge in [-0.05, 0) is 11.5 Å². The summed E-state index contributed by atoms with van der Waals surface area (Å²) in [6.07, 6.45) is 0. The molecule has 0 atom stereocenters. The zero-order valence-corrected chi connectivity index (χ0v) is 13.3. The van der Waals surface area contributed by atoms with Crippen molar-refractivity contribution in [1.82, 2.24) is 9.80 Å². The molecule has 1 aromatic rings. The number of nitrogens with two attached hydrogens (primary N) is 1. The molecule has 0 spiro atoms. The van der Waals surface area contributed by atoms with Crippen molar-refractivity contribution in [3.8, 4) is 0 Å². The van der Waals surface area contributed by atoms with Crippen LogP contribution in [0.1, 0.15) is 25.0 Å². The second-order valence-corrected chi connectivity index (χ2v) is 6.43. The molecule has 2 rings (SSSR count). The van der Waals surface area contributed by atoms with Gasteiger partial charge in [-0.15, -0.1) is 0 Å². The van der Waals surface area contributed by atoms with Crippen LogP contribution in [0.15, 0.2) is 24.3 Å². The van der Waals surface area contributed by atoms with Gasteiger partial charge in [-0.25, -0.2) is 0 Å². The topological polar surface area (TPSA) is 32.5 Å². The molecule has 1 aliphatic heterocycles. The molecule has 0 aromatic heterocycles. The fourth-order valence-electron chi connectivity index (χ4n) is 2.79. The molecule has 0 bridgehead atoms. The van der Waals surface area contributed by atoms with Crippen molar-refractivity contribution >= 4 is 17.2 Å². The second kappa shape index (κ2) is 7.16. The van der Waals surface area contributed by atoms with Gasteiger partial charge in [-0.2, -0.15) is 0 Å². The van der Waals surface area contributed by atoms with Crippen molar-refractivity contribution in [3.63, 3.8) is 0 Å². The molecule has 110 valence electrons. The molecule has 0 aliphatic carbocycles. The highest BCUT2D eigenvalue weighted by Gasteiger charge is 2.18. The fraction of sp³-hybridized carbons (Fsp3) is 0.562. The predicted molar refractivity (Wildman–Crippen MR) is 88.9 cm³/mol. The van der Waals surface area contributed by atoms with Gasteiger partial charge in [0.15, 0.2) is 0 Å². The summed E-state index contributed by atoms with van der Waals surface area (Å²) >= 11 is 5.13. The quantitative estimate of drug-likeness (QED) is 0.842. The lowest BCUT2D eigenvalue weighted by molar-refractivity contribution is 0.117. The largest absolute Gasteiger partial charge is 0.389 e. The van der Waals surface area contributed by atoms with Crippen LogP contribution in [0, 0.1) is 5.92 Å². The van der Waals surface area contributed by atoms with Crippen molar-refractivity contribution in [3.05, 3.63) is 35.4 Å². The lowest BCUT2D eigenvalue weighted by atomic mass is 10.1. The molecule has 0 saturated carbocycles. The van der Waals surface area contributed by atoms with Gasteiger partial charge >= 0.3 is 0 Å². The van der Waals surface area contributed by atoms with E-state index in [1.165, 1.54) is 12.1 Å². The minimum absolute atomic E-state index is 0.499. The Labute approximate surface area is 127 Å². The first-order chi connectivity index (χ1) is 9.56. The van der Waals surface area contributed by atoms with Crippen LogP contribution in [0.2, 0.25) is 0 Å². The third-order valence-electron chi connectivity index (χ3n) is 3.77. The molecule has 0 unspecified atom stereocenters. The van der Waals surface area contributed by atoms with Gasteiger partial charge in [0.2, 0.25) is 0 Å². The summed E-state index contributed by atoms with van der Waals surface area (Å²) in [5.74, 6) is 0.747. The van der Waals surface area contributed by atoms with Gasteiger partial charge in [-0.1, -0.05) is 50.3 Å². The van der Waals surface area contributed by atoms with Gasteiger partial charge in [0.1, 0.15) is 4.99 Å². The van der Waals surface area contributed by atoms with E-state index in [1.807, 2.05) is 12.1 Å². The Hall–Kier alpha value is -0.970. The zero-order valence-electron chi connectivity index (χ0n) is 12.5. The van der Waals surface area contributed by atoms with E-state index in [1.54, 1.807) is 0 Å². The van der Waals surface area contributed by atoms with Crippen LogP contribution in [0.4, 0.5) is 0 Å². The molecule has 1 fully saturated rings. The SMILES string of the molecule is CC(C)CN1CCN(Cc2ccccc2C(N)=S)CC1. The van der Waals surface area contributed by atoms with Crippen molar-refractivity contribution in [1.29, 1.82) is 0 Å². The first kappa shape index (κ1) is 15.4. The van der Waals surface area contributed by atoms with Gasteiger partial charge in [0, 0.05) is 44.8 Å². The van der Waals surface area contributed by atoms with Crippen molar-refractivity contribution in [2.24, 2.45) is 11.7 Å². The third kappa shape index (κ3) is 4.27. The number of nitrogens with zero attached hydrogens (tertiary/aromatic N) is 2. The van der Waals surface area contributed by atoms with Gasteiger partial charge in [-0.3, -0.25) is 4.90 Å². The molecular formula is C16H25N3S. The number of piperazine rings is 1. The molecule has 4 heteroatoms. The molecule has 1 saturated heterocycles. The maximum absolute atomic E-state index is 5.80. The van der Waals surface area contributed by atoms with Crippen LogP contribution in [0.25, 0.3) is 0 Å². The highest BCUT2D eigenvalue weighted by molar-refractivity contribution is 7.80. The molecule has 0 radical (unpaired) electrons. The lowest BCUT2D eigenvalue weighted by Crippen LogP contribution is -2.47. The lowest BCUT2D eigenvalue weighted by Gasteiger charge is -2.35. The maximum atomic E-state index is 5.80. The number of benzene rings is 1. The third-order valence-corrected chi connectivity index (χ3v) is 3.98. The Morgan fingerprint density at radius 1 is 1.15 bits per heavy atom. The number of rotatable bonds is 5. The standard InChI is InChI=1S/C16H25N3S/c1-13(2)11-18-7-9-19(10-8-18)12-14-5-3-4-6-15(14)16(17)20/h3-6,13H,7-12H2,1-2H3,(H2,17,20). The average Bonchev–Trinajstić information content (AvgIpc) is 2.41. The number of hydrogen-bond acceptors (Lipinski definition) is 3. The Morgan fingerprint density at radius 3 is 2.35 bits per heavy atom. The summed E-state index contributed by atoms with van der Waals surface area (Å²) in [6.45, 7) is 11.3. The van der Waals surface area contributed by atoms with Crippen LogP contribution < -0.4 is 5.73 Å². The van der Waals surface area contributed by atoms with E-state index in [4.69, 9.17) is 18.0 Å². The molecule has 3 nitrogen and oxygen atoms in total. The molecule has 20 heavy (non-hydrogen) atoms. The Bertz CT molecular complexity index is 451. The predicted octanol–water partition coefficient (Wildman–Crippen LogP) is 2.09. The maximum Gasteiger partial charge on any atom is 0.104 e. The smallest absolute Gasteiger partial charge is 0.104 e. The first-order valence-corrected chi connectivity index (χ1v) is 7.79. The molecule has 1 heterocycles. The summed E-state index contributed by atoms with van der Waals surface area (Å²) in [5, 5.41) is 0. The highest BCUT2D eigenvalue weighted by Crippen LogP contribution is 2.14. The Balaban J connectivity index is 1.91. The van der Waals surface area contributed by atoms with Gasteiger partial charge < -0.3 is 10.6 Å². The fourth-order valence-corrected chi connectivity index (χ4v) is 2.98. The number of thiocarbonyl (C=S) groups is 1. The molecule has 2 N–H and O–H groups in total. The van der Waals surface area contributed by atoms with E-state index in [9.17, 15) is 0 Å². The van der Waals surface area contributed by atoms with E-state index in [2.05, 4.69) is 35.8 Å². The van der Waals surface area contributed by atoms with Crippen molar-refractivity contribution in [2.75, 3.05) is 32.7 Å². The van der Waals surface area contributed by atoms with Crippen molar-refractivity contribution in [2.45, 2.75) is 20.4 Å². The second-order valence-electron chi connectivity index (χ2n) is 5.99. The average molecular weight is 291 g/mol. The van der Waals surface area contributed by atoms with E-state index >= 15 is 0 Å². The normalized spacial score (nSPS) is 17.6. The highest BCUT2D eigenvalue weighted by atomic mass is 32.1. The summed E-state index contributed by atoms with van der Waals surface area (Å²) < 4.78 is 0. The number of hydrogen-bond donors (Lipinski definition) is 1. The summed E-state index contributed by atoms with van der Waals surface area (Å²) in [5.41, 5.74) is 8.07. The first-order valence-electron chi connectivity index (χ1n) is 7.38. The summed E-state index contributed by atoms with van der Waals surface area (Å²) in [6, 6.07) is 8.21. The van der Waals surface area contributed by atoms with Crippen LogP contribution in [0.5, 0.6) is 0 Å². The van der Waals surface area contributed by atoms with E-state index in [0.29, 0.717) is 4.99 Å². The van der Waals surface area contributed by atoms with Gasteiger partial charge in [0.05, 0.1) is 0 Å². The van der Waals surface area contributed by atoms with Crippen LogP contribution in [-0.4, -0.2) is 47.5 Å². The summed E-state index contributed by atoms with van der Waals surface area (Å²) in [4.78, 5) is 5.55. The van der Waals surface area contributed by atoms with E-state index < -0.39 is 0 Å². The molecule has 1 aromatic carbocycles. The summed E-state index contributed by atoms with van der Waals surface area (Å²) in [7, 11) is 0. The monoisotopic (exact) mass is 291 g/mol. The van der Waals surface area contributed by atoms with E-state index in [-0.39, 0.29) is 0 Å². The minimum Gasteiger partial charge on any atom is -0.389 e. The van der Waals surface area contributed by atoms with Crippen LogP contribution >= 0.6 is 12.2 Å². The Morgan fingerprint density at radius 2 is 1.75 bits per heavy atom. The zero-order chi connectivity index (χ0) is 14.5. The van der Waals surface area contributed by atoms with Gasteiger partial charge in [0.25, 0.3) is 0 Å².